The van der Waals surface area contributed by atoms with Crippen molar-refractivity contribution in [3.8, 4) is 5.75 Å². The monoisotopic (exact) mass is 471 g/mol. The van der Waals surface area contributed by atoms with E-state index in [0.29, 0.717) is 58.2 Å². The first-order chi connectivity index (χ1) is 16.0. The first kappa shape index (κ1) is 23.3. The van der Waals surface area contributed by atoms with Crippen LogP contribution in [-0.2, 0) is 19.6 Å². The molecule has 0 spiro atoms. The predicted octanol–water partition coefficient (Wildman–Crippen LogP) is 2.08. The maximum absolute atomic E-state index is 13.1. The van der Waals surface area contributed by atoms with Gasteiger partial charge >= 0.3 is 0 Å². The molecule has 9 heteroatoms. The molecule has 8 nitrogen and oxygen atoms in total. The lowest BCUT2D eigenvalue weighted by Gasteiger charge is -2.36. The number of anilines is 1. The highest BCUT2D eigenvalue weighted by Crippen LogP contribution is 2.33. The van der Waals surface area contributed by atoms with Crippen LogP contribution in [0.2, 0.25) is 0 Å². The second kappa shape index (κ2) is 10.4. The number of hydrogen-bond acceptors (Lipinski definition) is 6. The lowest BCUT2D eigenvalue weighted by molar-refractivity contribution is -0.126. The summed E-state index contributed by atoms with van der Waals surface area (Å²) in [6.07, 6.45) is 3.42. The number of nitrogens with zero attached hydrogens (tertiary/aromatic N) is 3. The van der Waals surface area contributed by atoms with Gasteiger partial charge in [0.15, 0.2) is 0 Å². The summed E-state index contributed by atoms with van der Waals surface area (Å²) in [4.78, 5) is 16.7. The molecule has 2 aliphatic rings. The SMILES string of the molecule is COc1ccc(S(=O)(=O)N2CCOCC2)cc1N1CCN(C(=O)/C=C/c2ccccc2)CC1. The molecular weight excluding hydrogens is 442 g/mol. The Labute approximate surface area is 195 Å². The van der Waals surface area contributed by atoms with Crippen LogP contribution in [0.15, 0.2) is 59.5 Å². The molecule has 0 N–H and O–H groups in total. The van der Waals surface area contributed by atoms with Gasteiger partial charge in [0.25, 0.3) is 0 Å². The molecule has 0 atom stereocenters. The van der Waals surface area contributed by atoms with Crippen LogP contribution in [0.1, 0.15) is 5.56 Å². The summed E-state index contributed by atoms with van der Waals surface area (Å²) in [5.74, 6) is 0.578. The largest absolute Gasteiger partial charge is 0.495 e. The highest BCUT2D eigenvalue weighted by Gasteiger charge is 2.29. The van der Waals surface area contributed by atoms with Crippen molar-refractivity contribution in [2.75, 3.05) is 64.5 Å². The summed E-state index contributed by atoms with van der Waals surface area (Å²) in [6.45, 7) is 3.75. The molecule has 2 aromatic carbocycles. The molecule has 0 aliphatic carbocycles. The Bertz CT molecular complexity index is 1090. The molecule has 2 heterocycles. The number of hydrogen-bond donors (Lipinski definition) is 0. The standard InChI is InChI=1S/C24H29N3O5S/c1-31-23-9-8-21(33(29,30)27-15-17-32-18-16-27)19-22(23)25-11-13-26(14-12-25)24(28)10-7-20-5-3-2-4-6-20/h2-10,19H,11-18H2,1H3/b10-7+. The summed E-state index contributed by atoms with van der Waals surface area (Å²) in [5, 5.41) is 0. The number of amides is 1. The Kier molecular flexibility index (Phi) is 7.32. The van der Waals surface area contributed by atoms with Crippen LogP contribution in [0.4, 0.5) is 5.69 Å². The molecule has 0 unspecified atom stereocenters. The fraction of sp³-hybridized carbons (Fsp3) is 0.375. The second-order valence-electron chi connectivity index (χ2n) is 7.91. The Morgan fingerprint density at radius 1 is 0.970 bits per heavy atom. The van der Waals surface area contributed by atoms with Crippen molar-refractivity contribution < 1.29 is 22.7 Å². The minimum Gasteiger partial charge on any atom is -0.495 e. The smallest absolute Gasteiger partial charge is 0.246 e. The lowest BCUT2D eigenvalue weighted by Crippen LogP contribution is -2.48. The van der Waals surface area contributed by atoms with Crippen LogP contribution in [0, 0.1) is 0 Å². The Hall–Kier alpha value is -2.88. The third-order valence-electron chi connectivity index (χ3n) is 5.91. The lowest BCUT2D eigenvalue weighted by atomic mass is 10.2. The van der Waals surface area contributed by atoms with Gasteiger partial charge in [0.2, 0.25) is 15.9 Å². The summed E-state index contributed by atoms with van der Waals surface area (Å²) < 4.78 is 38.5. The van der Waals surface area contributed by atoms with E-state index in [1.54, 1.807) is 36.3 Å². The topological polar surface area (TPSA) is 79.4 Å². The van der Waals surface area contributed by atoms with Gasteiger partial charge in [-0.25, -0.2) is 8.42 Å². The number of sulfonamides is 1. The molecule has 1 amide bonds. The van der Waals surface area contributed by atoms with E-state index in [4.69, 9.17) is 9.47 Å². The quantitative estimate of drug-likeness (QED) is 0.601. The number of carbonyl (C=O) groups excluding carboxylic acids is 1. The van der Waals surface area contributed by atoms with Crippen molar-refractivity contribution in [2.24, 2.45) is 0 Å². The Balaban J connectivity index is 1.45. The van der Waals surface area contributed by atoms with Gasteiger partial charge in [-0.15, -0.1) is 0 Å². The molecule has 0 aromatic heterocycles. The average molecular weight is 472 g/mol. The van der Waals surface area contributed by atoms with Gasteiger partial charge in [0, 0.05) is 45.3 Å². The molecule has 0 bridgehead atoms. The summed E-state index contributed by atoms with van der Waals surface area (Å²) in [6, 6.07) is 14.7. The first-order valence-corrected chi connectivity index (χ1v) is 12.5. The van der Waals surface area contributed by atoms with Crippen molar-refractivity contribution >= 4 is 27.7 Å². The molecule has 0 saturated carbocycles. The van der Waals surface area contributed by atoms with E-state index in [-0.39, 0.29) is 10.8 Å². The van der Waals surface area contributed by atoms with Crippen molar-refractivity contribution in [2.45, 2.75) is 4.90 Å². The highest BCUT2D eigenvalue weighted by atomic mass is 32.2. The van der Waals surface area contributed by atoms with Crippen molar-refractivity contribution in [1.82, 2.24) is 9.21 Å². The van der Waals surface area contributed by atoms with E-state index in [9.17, 15) is 13.2 Å². The Morgan fingerprint density at radius 2 is 1.67 bits per heavy atom. The zero-order valence-corrected chi connectivity index (χ0v) is 19.5. The highest BCUT2D eigenvalue weighted by molar-refractivity contribution is 7.89. The Morgan fingerprint density at radius 3 is 2.33 bits per heavy atom. The van der Waals surface area contributed by atoms with Crippen LogP contribution in [0.5, 0.6) is 5.75 Å². The predicted molar refractivity (Wildman–Crippen MR) is 127 cm³/mol. The van der Waals surface area contributed by atoms with Crippen molar-refractivity contribution in [3.05, 3.63) is 60.2 Å². The molecule has 2 fully saturated rings. The van der Waals surface area contributed by atoms with E-state index >= 15 is 0 Å². The zero-order chi connectivity index (χ0) is 23.3. The third kappa shape index (κ3) is 5.38. The van der Waals surface area contributed by atoms with E-state index < -0.39 is 10.0 Å². The van der Waals surface area contributed by atoms with Gasteiger partial charge < -0.3 is 19.3 Å². The van der Waals surface area contributed by atoms with Crippen LogP contribution < -0.4 is 9.64 Å². The fourth-order valence-corrected chi connectivity index (χ4v) is 5.45. The maximum atomic E-state index is 13.1. The van der Waals surface area contributed by atoms with Gasteiger partial charge in [-0.1, -0.05) is 30.3 Å². The normalized spacial score (nSPS) is 18.0. The van der Waals surface area contributed by atoms with Crippen LogP contribution >= 0.6 is 0 Å². The van der Waals surface area contributed by atoms with E-state index in [2.05, 4.69) is 4.90 Å². The van der Waals surface area contributed by atoms with E-state index in [1.807, 2.05) is 36.4 Å². The molecule has 2 saturated heterocycles. The van der Waals surface area contributed by atoms with E-state index in [1.165, 1.54) is 4.31 Å². The summed E-state index contributed by atoms with van der Waals surface area (Å²) in [5.41, 5.74) is 1.70. The fourth-order valence-electron chi connectivity index (χ4n) is 4.02. The number of piperazine rings is 1. The first-order valence-electron chi connectivity index (χ1n) is 11.0. The minimum atomic E-state index is -3.61. The number of carbonyl (C=O) groups is 1. The summed E-state index contributed by atoms with van der Waals surface area (Å²) >= 11 is 0. The van der Waals surface area contributed by atoms with Gasteiger partial charge in [-0.2, -0.15) is 4.31 Å². The average Bonchev–Trinajstić information content (AvgIpc) is 2.88. The van der Waals surface area contributed by atoms with Crippen LogP contribution in [-0.4, -0.2) is 83.1 Å². The minimum absolute atomic E-state index is 0.0332. The van der Waals surface area contributed by atoms with Gasteiger partial charge in [-0.05, 0) is 29.8 Å². The van der Waals surface area contributed by atoms with Crippen LogP contribution in [0.3, 0.4) is 0 Å². The maximum Gasteiger partial charge on any atom is 0.246 e. The number of rotatable bonds is 6. The number of benzene rings is 2. The molecule has 2 aliphatic heterocycles. The van der Waals surface area contributed by atoms with Crippen molar-refractivity contribution in [1.29, 1.82) is 0 Å². The third-order valence-corrected chi connectivity index (χ3v) is 7.80. The molecule has 4 rings (SSSR count). The van der Waals surface area contributed by atoms with Gasteiger partial charge in [-0.3, -0.25) is 4.79 Å². The van der Waals surface area contributed by atoms with Gasteiger partial charge in [0.05, 0.1) is 30.9 Å². The number of ether oxygens (including phenoxy) is 2. The summed E-state index contributed by atoms with van der Waals surface area (Å²) in [7, 11) is -2.04. The van der Waals surface area contributed by atoms with Gasteiger partial charge in [0.1, 0.15) is 5.75 Å². The number of morpholine rings is 1. The zero-order valence-electron chi connectivity index (χ0n) is 18.7. The molecule has 176 valence electrons. The number of methoxy groups -OCH3 is 1. The molecule has 2 aromatic rings. The van der Waals surface area contributed by atoms with Crippen LogP contribution in [0.25, 0.3) is 6.08 Å². The molecule has 0 radical (unpaired) electrons. The molecular formula is C24H29N3O5S. The second-order valence-corrected chi connectivity index (χ2v) is 9.84. The molecule has 33 heavy (non-hydrogen) atoms. The van der Waals surface area contributed by atoms with Crippen molar-refractivity contribution in [3.63, 3.8) is 0 Å². The van der Waals surface area contributed by atoms with E-state index in [0.717, 1.165) is 11.3 Å².